The van der Waals surface area contributed by atoms with Gasteiger partial charge in [0.15, 0.2) is 11.5 Å². The van der Waals surface area contributed by atoms with Crippen molar-refractivity contribution < 1.29 is 9.47 Å². The standard InChI is InChI=1S/C16H16N2O2S/c1-19-15-4-3-12(8-16(15)20-2)13-7-14(21-10-13)9-18-6-5-17-11-18/h3-8,10-11H,9H2,1-2H3. The molecule has 0 radical (unpaired) electrons. The van der Waals surface area contributed by atoms with Crippen LogP contribution in [0.3, 0.4) is 0 Å². The Morgan fingerprint density at radius 1 is 1.10 bits per heavy atom. The molecule has 0 amide bonds. The largest absolute Gasteiger partial charge is 0.493 e. The molecule has 5 heteroatoms. The van der Waals surface area contributed by atoms with E-state index in [4.69, 9.17) is 9.47 Å². The number of methoxy groups -OCH3 is 2. The van der Waals surface area contributed by atoms with E-state index in [2.05, 4.69) is 21.0 Å². The molecular weight excluding hydrogens is 284 g/mol. The van der Waals surface area contributed by atoms with Crippen molar-refractivity contribution in [1.82, 2.24) is 9.55 Å². The highest BCUT2D eigenvalue weighted by atomic mass is 32.1. The van der Waals surface area contributed by atoms with Crippen LogP contribution in [0.1, 0.15) is 4.88 Å². The predicted octanol–water partition coefficient (Wildman–Crippen LogP) is 3.68. The van der Waals surface area contributed by atoms with E-state index in [1.165, 1.54) is 10.4 Å². The van der Waals surface area contributed by atoms with Crippen LogP contribution in [0.4, 0.5) is 0 Å². The first-order valence-electron chi connectivity index (χ1n) is 6.55. The molecule has 0 aliphatic heterocycles. The van der Waals surface area contributed by atoms with E-state index in [1.807, 2.05) is 30.7 Å². The van der Waals surface area contributed by atoms with Crippen molar-refractivity contribution in [3.8, 4) is 22.6 Å². The molecule has 108 valence electrons. The van der Waals surface area contributed by atoms with Gasteiger partial charge in [-0.3, -0.25) is 0 Å². The normalized spacial score (nSPS) is 10.6. The van der Waals surface area contributed by atoms with Crippen molar-refractivity contribution in [3.05, 3.63) is 53.2 Å². The molecule has 2 heterocycles. The molecule has 0 bridgehead atoms. The van der Waals surface area contributed by atoms with E-state index in [-0.39, 0.29) is 0 Å². The number of hydrogen-bond donors (Lipinski definition) is 0. The molecule has 0 N–H and O–H groups in total. The van der Waals surface area contributed by atoms with Crippen LogP contribution in [0.15, 0.2) is 48.4 Å². The Labute approximate surface area is 127 Å². The first kappa shape index (κ1) is 13.7. The molecule has 0 aliphatic carbocycles. The molecule has 3 aromatic rings. The molecule has 0 atom stereocenters. The zero-order valence-corrected chi connectivity index (χ0v) is 12.8. The lowest BCUT2D eigenvalue weighted by molar-refractivity contribution is 0.355. The highest BCUT2D eigenvalue weighted by Crippen LogP contribution is 2.34. The van der Waals surface area contributed by atoms with Gasteiger partial charge in [0, 0.05) is 17.3 Å². The van der Waals surface area contributed by atoms with Gasteiger partial charge in [0.1, 0.15) is 0 Å². The number of ether oxygens (including phenoxy) is 2. The summed E-state index contributed by atoms with van der Waals surface area (Å²) in [6, 6.07) is 8.18. The maximum atomic E-state index is 5.36. The zero-order valence-electron chi connectivity index (χ0n) is 11.9. The van der Waals surface area contributed by atoms with Gasteiger partial charge in [-0.15, -0.1) is 11.3 Å². The fourth-order valence-corrected chi connectivity index (χ4v) is 3.09. The maximum Gasteiger partial charge on any atom is 0.161 e. The highest BCUT2D eigenvalue weighted by Gasteiger charge is 2.08. The van der Waals surface area contributed by atoms with Gasteiger partial charge in [-0.2, -0.15) is 0 Å². The number of thiophene rings is 1. The lowest BCUT2D eigenvalue weighted by Crippen LogP contribution is -1.93. The molecule has 0 spiro atoms. The van der Waals surface area contributed by atoms with Crippen LogP contribution in [0.5, 0.6) is 11.5 Å². The Morgan fingerprint density at radius 3 is 2.67 bits per heavy atom. The SMILES string of the molecule is COc1ccc(-c2csc(Cn3ccnc3)c2)cc1OC. The van der Waals surface area contributed by atoms with Crippen molar-refractivity contribution >= 4 is 11.3 Å². The summed E-state index contributed by atoms with van der Waals surface area (Å²) >= 11 is 1.75. The van der Waals surface area contributed by atoms with Gasteiger partial charge in [0.25, 0.3) is 0 Å². The lowest BCUT2D eigenvalue weighted by Gasteiger charge is -2.08. The minimum absolute atomic E-state index is 0.745. The van der Waals surface area contributed by atoms with Crippen LogP contribution in [-0.4, -0.2) is 23.8 Å². The molecular formula is C16H16N2O2S. The second kappa shape index (κ2) is 6.01. The molecule has 0 saturated carbocycles. The number of rotatable bonds is 5. The summed E-state index contributed by atoms with van der Waals surface area (Å²) in [4.78, 5) is 5.35. The number of aromatic nitrogens is 2. The molecule has 1 aromatic carbocycles. The van der Waals surface area contributed by atoms with Gasteiger partial charge < -0.3 is 14.0 Å². The number of hydrogen-bond acceptors (Lipinski definition) is 4. The second-order valence-electron chi connectivity index (χ2n) is 4.61. The van der Waals surface area contributed by atoms with Crippen molar-refractivity contribution in [2.45, 2.75) is 6.54 Å². The van der Waals surface area contributed by atoms with Crippen LogP contribution in [0.2, 0.25) is 0 Å². The third kappa shape index (κ3) is 2.92. The molecule has 0 saturated heterocycles. The summed E-state index contributed by atoms with van der Waals surface area (Å²) in [6.07, 6.45) is 5.59. The van der Waals surface area contributed by atoms with Crippen molar-refractivity contribution in [1.29, 1.82) is 0 Å². The number of nitrogens with zero attached hydrogens (tertiary/aromatic N) is 2. The lowest BCUT2D eigenvalue weighted by atomic mass is 10.1. The van der Waals surface area contributed by atoms with Crippen LogP contribution < -0.4 is 9.47 Å². The molecule has 0 aliphatic rings. The predicted molar refractivity (Wildman–Crippen MR) is 84.2 cm³/mol. The van der Waals surface area contributed by atoms with Gasteiger partial charge >= 0.3 is 0 Å². The van der Waals surface area contributed by atoms with Crippen molar-refractivity contribution in [3.63, 3.8) is 0 Å². The smallest absolute Gasteiger partial charge is 0.161 e. The molecule has 3 rings (SSSR count). The third-order valence-electron chi connectivity index (χ3n) is 3.27. The quantitative estimate of drug-likeness (QED) is 0.721. The topological polar surface area (TPSA) is 36.3 Å². The Balaban J connectivity index is 1.85. The second-order valence-corrected chi connectivity index (χ2v) is 5.60. The summed E-state index contributed by atoms with van der Waals surface area (Å²) in [6.45, 7) is 0.845. The summed E-state index contributed by atoms with van der Waals surface area (Å²) in [5.74, 6) is 1.49. The van der Waals surface area contributed by atoms with Crippen molar-refractivity contribution in [2.75, 3.05) is 14.2 Å². The average Bonchev–Trinajstić information content (AvgIpc) is 3.19. The summed E-state index contributed by atoms with van der Waals surface area (Å²) < 4.78 is 12.7. The van der Waals surface area contributed by atoms with E-state index >= 15 is 0 Å². The first-order chi connectivity index (χ1) is 10.3. The number of imidazole rings is 1. The van der Waals surface area contributed by atoms with Gasteiger partial charge in [0.05, 0.1) is 27.1 Å². The van der Waals surface area contributed by atoms with Gasteiger partial charge in [-0.1, -0.05) is 6.07 Å². The van der Waals surface area contributed by atoms with E-state index in [0.29, 0.717) is 0 Å². The Bertz CT molecular complexity index is 720. The molecule has 21 heavy (non-hydrogen) atoms. The fourth-order valence-electron chi connectivity index (χ4n) is 2.19. The van der Waals surface area contributed by atoms with Gasteiger partial charge in [-0.05, 0) is 34.7 Å². The first-order valence-corrected chi connectivity index (χ1v) is 7.43. The minimum atomic E-state index is 0.745. The fraction of sp³-hybridized carbons (Fsp3) is 0.188. The highest BCUT2D eigenvalue weighted by molar-refractivity contribution is 7.10. The minimum Gasteiger partial charge on any atom is -0.493 e. The average molecular weight is 300 g/mol. The Morgan fingerprint density at radius 2 is 1.95 bits per heavy atom. The zero-order chi connectivity index (χ0) is 14.7. The Hall–Kier alpha value is -2.27. The monoisotopic (exact) mass is 300 g/mol. The van der Waals surface area contributed by atoms with Crippen LogP contribution in [-0.2, 0) is 6.54 Å². The number of benzene rings is 1. The van der Waals surface area contributed by atoms with Gasteiger partial charge in [-0.25, -0.2) is 4.98 Å². The third-order valence-corrected chi connectivity index (χ3v) is 4.19. The van der Waals surface area contributed by atoms with E-state index in [1.54, 1.807) is 31.8 Å². The van der Waals surface area contributed by atoms with E-state index in [9.17, 15) is 0 Å². The summed E-state index contributed by atoms with van der Waals surface area (Å²) in [5, 5.41) is 2.16. The molecule has 0 unspecified atom stereocenters. The maximum absolute atomic E-state index is 5.36. The van der Waals surface area contributed by atoms with E-state index in [0.717, 1.165) is 23.6 Å². The summed E-state index contributed by atoms with van der Waals surface area (Å²) in [5.41, 5.74) is 2.32. The molecule has 4 nitrogen and oxygen atoms in total. The summed E-state index contributed by atoms with van der Waals surface area (Å²) in [7, 11) is 3.30. The van der Waals surface area contributed by atoms with Crippen LogP contribution in [0, 0.1) is 0 Å². The Kier molecular flexibility index (Phi) is 3.92. The molecule has 2 aromatic heterocycles. The van der Waals surface area contributed by atoms with E-state index < -0.39 is 0 Å². The van der Waals surface area contributed by atoms with Crippen LogP contribution >= 0.6 is 11.3 Å². The van der Waals surface area contributed by atoms with Crippen LogP contribution in [0.25, 0.3) is 11.1 Å². The van der Waals surface area contributed by atoms with Crippen molar-refractivity contribution in [2.24, 2.45) is 0 Å². The molecule has 0 fully saturated rings. The van der Waals surface area contributed by atoms with Gasteiger partial charge in [0.2, 0.25) is 0 Å².